The van der Waals surface area contributed by atoms with Crippen molar-refractivity contribution in [1.29, 1.82) is 0 Å². The second-order valence-corrected chi connectivity index (χ2v) is 12.6. The maximum Gasteiger partial charge on any atom is 0.279 e. The van der Waals surface area contributed by atoms with Crippen LogP contribution >= 0.6 is 27.5 Å². The molecule has 5 rings (SSSR count). The van der Waals surface area contributed by atoms with Gasteiger partial charge in [0, 0.05) is 28.0 Å². The van der Waals surface area contributed by atoms with E-state index in [9.17, 15) is 18.0 Å². The van der Waals surface area contributed by atoms with Gasteiger partial charge in [-0.05, 0) is 67.8 Å². The average molecular weight is 601 g/mol. The summed E-state index contributed by atoms with van der Waals surface area (Å²) in [5.74, 6) is -0.345. The van der Waals surface area contributed by atoms with Gasteiger partial charge in [-0.2, -0.15) is 9.78 Å². The van der Waals surface area contributed by atoms with Crippen LogP contribution in [0, 0.1) is 6.92 Å². The molecule has 0 N–H and O–H groups in total. The van der Waals surface area contributed by atoms with E-state index in [4.69, 9.17) is 11.6 Å². The molecule has 0 saturated carbocycles. The Morgan fingerprint density at radius 1 is 1.00 bits per heavy atom. The Labute approximate surface area is 227 Å². The topological polar surface area (TPSA) is 89.3 Å². The summed E-state index contributed by atoms with van der Waals surface area (Å²) in [5, 5.41) is 5.20. The highest BCUT2D eigenvalue weighted by atomic mass is 79.9. The van der Waals surface area contributed by atoms with Crippen LogP contribution in [0.25, 0.3) is 16.5 Å². The number of fused-ring (bicyclic) bond motifs is 1. The first-order valence-corrected chi connectivity index (χ1v) is 14.5. The molecule has 3 aromatic carbocycles. The van der Waals surface area contributed by atoms with E-state index < -0.39 is 15.1 Å². The number of amides is 1. The van der Waals surface area contributed by atoms with Crippen LogP contribution in [0.1, 0.15) is 28.9 Å². The van der Waals surface area contributed by atoms with E-state index in [0.29, 0.717) is 34.3 Å². The smallest absolute Gasteiger partial charge is 0.279 e. The molecular weight excluding hydrogens is 578 g/mol. The van der Waals surface area contributed by atoms with Gasteiger partial charge in [-0.25, -0.2) is 8.42 Å². The van der Waals surface area contributed by atoms with Crippen molar-refractivity contribution in [2.24, 2.45) is 0 Å². The largest absolute Gasteiger partial charge is 0.337 e. The summed E-state index contributed by atoms with van der Waals surface area (Å²) in [5.41, 5.74) is 1.10. The summed E-state index contributed by atoms with van der Waals surface area (Å²) in [6.07, 6.45) is 0.630. The standard InChI is InChI=1S/C27H23BrClN3O4S/c1-17-6-9-19(16-24(17)29)32-26(33)23-5-3-2-4-22(23)25(30-32)27(34)31-14-12-21(13-15-31)37(35,36)20-10-7-18(28)8-11-20/h2-11,16,21H,12-15H2,1H3. The van der Waals surface area contributed by atoms with E-state index in [-0.39, 0.29) is 35.1 Å². The van der Waals surface area contributed by atoms with Gasteiger partial charge in [0.1, 0.15) is 0 Å². The number of carbonyl (C=O) groups is 1. The zero-order chi connectivity index (χ0) is 26.3. The summed E-state index contributed by atoms with van der Waals surface area (Å²) in [6, 6.07) is 18.6. The van der Waals surface area contributed by atoms with Crippen LogP contribution in [0.4, 0.5) is 0 Å². The highest BCUT2D eigenvalue weighted by Gasteiger charge is 2.34. The lowest BCUT2D eigenvalue weighted by Crippen LogP contribution is -2.43. The first-order chi connectivity index (χ1) is 17.7. The zero-order valence-corrected chi connectivity index (χ0v) is 23.1. The predicted octanol–water partition coefficient (Wildman–Crippen LogP) is 5.19. The maximum absolute atomic E-state index is 13.7. The van der Waals surface area contributed by atoms with Crippen molar-refractivity contribution in [3.63, 3.8) is 0 Å². The van der Waals surface area contributed by atoms with Gasteiger partial charge in [-0.3, -0.25) is 9.59 Å². The lowest BCUT2D eigenvalue weighted by molar-refractivity contribution is 0.0720. The highest BCUT2D eigenvalue weighted by molar-refractivity contribution is 9.10. The van der Waals surface area contributed by atoms with E-state index in [0.717, 1.165) is 10.0 Å². The molecule has 1 aliphatic heterocycles. The molecule has 0 unspecified atom stereocenters. The Bertz CT molecular complexity index is 1680. The van der Waals surface area contributed by atoms with E-state index in [1.165, 1.54) is 4.68 Å². The van der Waals surface area contributed by atoms with Gasteiger partial charge in [-0.15, -0.1) is 0 Å². The van der Waals surface area contributed by atoms with Crippen molar-refractivity contribution in [1.82, 2.24) is 14.7 Å². The number of aromatic nitrogens is 2. The number of sulfone groups is 1. The minimum absolute atomic E-state index is 0.140. The van der Waals surface area contributed by atoms with Crippen LogP contribution < -0.4 is 5.56 Å². The lowest BCUT2D eigenvalue weighted by atomic mass is 10.1. The molecule has 4 aromatic rings. The second kappa shape index (κ2) is 10.0. The lowest BCUT2D eigenvalue weighted by Gasteiger charge is -2.31. The fourth-order valence-electron chi connectivity index (χ4n) is 4.57. The van der Waals surface area contributed by atoms with Crippen molar-refractivity contribution in [2.45, 2.75) is 29.9 Å². The van der Waals surface area contributed by atoms with Gasteiger partial charge in [0.15, 0.2) is 15.5 Å². The maximum atomic E-state index is 13.7. The normalized spacial score (nSPS) is 14.7. The summed E-state index contributed by atoms with van der Waals surface area (Å²) in [4.78, 5) is 28.8. The molecule has 190 valence electrons. The molecular formula is C27H23BrClN3O4S. The van der Waals surface area contributed by atoms with Gasteiger partial charge >= 0.3 is 0 Å². The van der Waals surface area contributed by atoms with Gasteiger partial charge in [0.05, 0.1) is 21.2 Å². The fourth-order valence-corrected chi connectivity index (χ4v) is 6.74. The Hall–Kier alpha value is -3.01. The number of benzene rings is 3. The van der Waals surface area contributed by atoms with Gasteiger partial charge < -0.3 is 4.90 Å². The molecule has 1 aliphatic rings. The van der Waals surface area contributed by atoms with Crippen LogP contribution in [-0.4, -0.2) is 47.3 Å². The minimum atomic E-state index is -3.52. The third-order valence-corrected chi connectivity index (χ3v) is 9.93. The molecule has 1 amide bonds. The molecule has 0 radical (unpaired) electrons. The molecule has 1 saturated heterocycles. The molecule has 2 heterocycles. The Balaban J connectivity index is 1.46. The molecule has 1 fully saturated rings. The molecule has 0 atom stereocenters. The first kappa shape index (κ1) is 25.6. The molecule has 0 aliphatic carbocycles. The number of likely N-dealkylation sites (tertiary alicyclic amines) is 1. The summed E-state index contributed by atoms with van der Waals surface area (Å²) in [6.45, 7) is 2.40. The number of hydrogen-bond donors (Lipinski definition) is 0. The van der Waals surface area contributed by atoms with Gasteiger partial charge in [0.25, 0.3) is 11.5 Å². The second-order valence-electron chi connectivity index (χ2n) is 9.04. The summed E-state index contributed by atoms with van der Waals surface area (Å²) in [7, 11) is -3.52. The molecule has 37 heavy (non-hydrogen) atoms. The molecule has 10 heteroatoms. The molecule has 0 spiro atoms. The van der Waals surface area contributed by atoms with Crippen molar-refractivity contribution in [2.75, 3.05) is 13.1 Å². The van der Waals surface area contributed by atoms with Crippen molar-refractivity contribution >= 4 is 54.0 Å². The SMILES string of the molecule is Cc1ccc(-n2nc(C(=O)N3CCC(S(=O)(=O)c4ccc(Br)cc4)CC3)c3ccccc3c2=O)cc1Cl. The Morgan fingerprint density at radius 2 is 1.65 bits per heavy atom. The van der Waals surface area contributed by atoms with E-state index in [1.807, 2.05) is 6.92 Å². The number of hydrogen-bond acceptors (Lipinski definition) is 5. The Kier molecular flexibility index (Phi) is 6.95. The minimum Gasteiger partial charge on any atom is -0.337 e. The summed E-state index contributed by atoms with van der Waals surface area (Å²) >= 11 is 9.62. The molecule has 0 bridgehead atoms. The van der Waals surface area contributed by atoms with Crippen molar-refractivity contribution < 1.29 is 13.2 Å². The zero-order valence-electron chi connectivity index (χ0n) is 19.9. The Morgan fingerprint density at radius 3 is 2.30 bits per heavy atom. The third-order valence-electron chi connectivity index (χ3n) is 6.72. The third kappa shape index (κ3) is 4.83. The molecule has 7 nitrogen and oxygen atoms in total. The number of aryl methyl sites for hydroxylation is 1. The number of carbonyl (C=O) groups excluding carboxylic acids is 1. The fraction of sp³-hybridized carbons (Fsp3) is 0.222. The van der Waals surface area contributed by atoms with Gasteiger partial charge in [0.2, 0.25) is 0 Å². The average Bonchev–Trinajstić information content (AvgIpc) is 2.91. The van der Waals surface area contributed by atoms with Crippen molar-refractivity contribution in [3.05, 3.63) is 97.8 Å². The quantitative estimate of drug-likeness (QED) is 0.322. The number of halogens is 2. The van der Waals surface area contributed by atoms with Crippen LogP contribution in [0.15, 0.2) is 80.9 Å². The number of piperidine rings is 1. The highest BCUT2D eigenvalue weighted by Crippen LogP contribution is 2.27. The van der Waals surface area contributed by atoms with Gasteiger partial charge in [-0.1, -0.05) is 51.8 Å². The van der Waals surface area contributed by atoms with E-state index >= 15 is 0 Å². The van der Waals surface area contributed by atoms with E-state index in [2.05, 4.69) is 21.0 Å². The van der Waals surface area contributed by atoms with Crippen LogP contribution in [-0.2, 0) is 9.84 Å². The van der Waals surface area contributed by atoms with Crippen molar-refractivity contribution in [3.8, 4) is 5.69 Å². The van der Waals surface area contributed by atoms with Crippen LogP contribution in [0.2, 0.25) is 5.02 Å². The van der Waals surface area contributed by atoms with E-state index in [1.54, 1.807) is 71.6 Å². The molecule has 1 aromatic heterocycles. The van der Waals surface area contributed by atoms with Crippen LogP contribution in [0.3, 0.4) is 0 Å². The predicted molar refractivity (Wildman–Crippen MR) is 147 cm³/mol. The summed E-state index contributed by atoms with van der Waals surface area (Å²) < 4.78 is 28.3. The van der Waals surface area contributed by atoms with Crippen LogP contribution in [0.5, 0.6) is 0 Å². The number of nitrogens with zero attached hydrogens (tertiary/aromatic N) is 3. The number of rotatable bonds is 4. The monoisotopic (exact) mass is 599 g/mol. The first-order valence-electron chi connectivity index (χ1n) is 11.7.